The molecule has 0 saturated heterocycles. The molecule has 62 valence electrons. The van der Waals surface area contributed by atoms with Gasteiger partial charge in [-0.2, -0.15) is 0 Å². The zero-order valence-electron chi connectivity index (χ0n) is 7.72. The predicted octanol–water partition coefficient (Wildman–Crippen LogP) is 3.56. The quantitative estimate of drug-likeness (QED) is 0.539. The Bertz CT molecular complexity index is 288. The van der Waals surface area contributed by atoms with Crippen molar-refractivity contribution in [3.63, 3.8) is 0 Å². The molecule has 0 radical (unpaired) electrons. The highest BCUT2D eigenvalue weighted by molar-refractivity contribution is 5.48. The Morgan fingerprint density at radius 1 is 1.25 bits per heavy atom. The highest BCUT2D eigenvalue weighted by Gasteiger charge is 1.94. The van der Waals surface area contributed by atoms with Gasteiger partial charge in [-0.05, 0) is 17.7 Å². The number of hydrogen-bond donors (Lipinski definition) is 0. The van der Waals surface area contributed by atoms with Crippen LogP contribution >= 0.6 is 0 Å². The van der Waals surface area contributed by atoms with Crippen molar-refractivity contribution in [3.05, 3.63) is 60.1 Å². The molecule has 0 nitrogen and oxygen atoms in total. The Hall–Kier alpha value is -1.48. The smallest absolute Gasteiger partial charge is 0.0315 e. The molecular weight excluding hydrogens is 144 g/mol. The lowest BCUT2D eigenvalue weighted by Gasteiger charge is -1.98. The third kappa shape index (κ3) is 2.64. The molecule has 0 bridgehead atoms. The van der Waals surface area contributed by atoms with Gasteiger partial charge in [0.2, 0.25) is 0 Å². The summed E-state index contributed by atoms with van der Waals surface area (Å²) in [6.45, 7) is 11.3. The largest absolute Gasteiger partial charge is 0.0984 e. The maximum atomic E-state index is 3.66. The number of hydrogen-bond acceptors (Lipinski definition) is 0. The molecule has 0 N–H and O–H groups in total. The van der Waals surface area contributed by atoms with Gasteiger partial charge in [0, 0.05) is 5.57 Å². The summed E-state index contributed by atoms with van der Waals surface area (Å²) >= 11 is 0. The summed E-state index contributed by atoms with van der Waals surface area (Å²) in [5.41, 5.74) is 7.77. The predicted molar refractivity (Wildman–Crippen MR) is 54.9 cm³/mol. The van der Waals surface area contributed by atoms with Gasteiger partial charge in [-0.15, -0.1) is 0 Å². The Balaban J connectivity index is 0.000000561. The minimum Gasteiger partial charge on any atom is -0.0984 e. The summed E-state index contributed by atoms with van der Waals surface area (Å²) in [6.07, 6.45) is 7.26. The van der Waals surface area contributed by atoms with Gasteiger partial charge in [0.25, 0.3) is 0 Å². The van der Waals surface area contributed by atoms with Gasteiger partial charge >= 0.3 is 0 Å². The van der Waals surface area contributed by atoms with Crippen molar-refractivity contribution < 1.29 is 0 Å². The summed E-state index contributed by atoms with van der Waals surface area (Å²) in [5, 5.41) is 0. The van der Waals surface area contributed by atoms with Crippen LogP contribution in [0.3, 0.4) is 0 Å². The highest BCUT2D eigenvalue weighted by Crippen LogP contribution is 2.12. The molecule has 0 spiro atoms. The normalized spacial score (nSPS) is 12.2. The second kappa shape index (κ2) is 6.24. The monoisotopic (exact) mass is 158 g/mol. The van der Waals surface area contributed by atoms with E-state index in [4.69, 9.17) is 0 Å². The SMILES string of the molecule is C=CC1=C=C=CC=C1C=C.CC. The lowest BCUT2D eigenvalue weighted by molar-refractivity contribution is 1.50. The molecule has 0 heterocycles. The van der Waals surface area contributed by atoms with Crippen LogP contribution in [0.25, 0.3) is 0 Å². The molecule has 0 fully saturated rings. The zero-order chi connectivity index (χ0) is 9.40. The van der Waals surface area contributed by atoms with E-state index < -0.39 is 0 Å². The maximum Gasteiger partial charge on any atom is 0.0315 e. The molecule has 0 aromatic heterocycles. The first-order chi connectivity index (χ1) is 5.88. The van der Waals surface area contributed by atoms with Crippen LogP contribution in [0.2, 0.25) is 0 Å². The summed E-state index contributed by atoms with van der Waals surface area (Å²) < 4.78 is 0. The highest BCUT2D eigenvalue weighted by atomic mass is 14.0. The van der Waals surface area contributed by atoms with Crippen LogP contribution < -0.4 is 0 Å². The van der Waals surface area contributed by atoms with Crippen LogP contribution in [0.4, 0.5) is 0 Å². The molecular formula is C12H14. The average molecular weight is 158 g/mol. The Morgan fingerprint density at radius 2 is 1.92 bits per heavy atom. The van der Waals surface area contributed by atoms with Crippen molar-refractivity contribution in [3.8, 4) is 0 Å². The Labute approximate surface area is 74.6 Å². The Morgan fingerprint density at radius 3 is 2.33 bits per heavy atom. The number of rotatable bonds is 2. The molecule has 0 aliphatic heterocycles. The van der Waals surface area contributed by atoms with Gasteiger partial charge in [0.15, 0.2) is 0 Å². The first-order valence-corrected chi connectivity index (χ1v) is 4.05. The molecule has 12 heavy (non-hydrogen) atoms. The molecule has 0 saturated carbocycles. The van der Waals surface area contributed by atoms with Gasteiger partial charge in [-0.1, -0.05) is 50.6 Å². The molecule has 0 aromatic carbocycles. The van der Waals surface area contributed by atoms with Crippen molar-refractivity contribution in [2.75, 3.05) is 0 Å². The fourth-order valence-corrected chi connectivity index (χ4v) is 0.760. The van der Waals surface area contributed by atoms with Gasteiger partial charge in [-0.25, -0.2) is 0 Å². The molecule has 0 aromatic rings. The van der Waals surface area contributed by atoms with Crippen LogP contribution in [0.15, 0.2) is 60.1 Å². The molecule has 1 aliphatic rings. The van der Waals surface area contributed by atoms with Crippen LogP contribution in [0.1, 0.15) is 13.8 Å². The third-order valence-electron chi connectivity index (χ3n) is 1.29. The van der Waals surface area contributed by atoms with Crippen LogP contribution in [0, 0.1) is 0 Å². The Kier molecular flexibility index (Phi) is 5.47. The second-order valence-corrected chi connectivity index (χ2v) is 1.88. The second-order valence-electron chi connectivity index (χ2n) is 1.88. The van der Waals surface area contributed by atoms with E-state index in [-0.39, 0.29) is 0 Å². The molecule has 0 heteroatoms. The summed E-state index contributed by atoms with van der Waals surface area (Å²) in [7, 11) is 0. The minimum atomic E-state index is 0.956. The van der Waals surface area contributed by atoms with Gasteiger partial charge in [-0.3, -0.25) is 0 Å². The maximum absolute atomic E-state index is 3.66. The van der Waals surface area contributed by atoms with Gasteiger partial charge < -0.3 is 0 Å². The van der Waals surface area contributed by atoms with E-state index in [1.807, 2.05) is 26.0 Å². The molecule has 0 amide bonds. The molecule has 1 aliphatic carbocycles. The lowest BCUT2D eigenvalue weighted by Crippen LogP contribution is -1.80. The van der Waals surface area contributed by atoms with Crippen molar-refractivity contribution in [2.45, 2.75) is 13.8 Å². The van der Waals surface area contributed by atoms with E-state index in [0.29, 0.717) is 0 Å². The van der Waals surface area contributed by atoms with Gasteiger partial charge in [0.1, 0.15) is 0 Å². The lowest BCUT2D eigenvalue weighted by atomic mass is 10.1. The molecule has 0 unspecified atom stereocenters. The van der Waals surface area contributed by atoms with E-state index in [2.05, 4.69) is 24.6 Å². The van der Waals surface area contributed by atoms with E-state index >= 15 is 0 Å². The number of allylic oxidation sites excluding steroid dienone is 6. The van der Waals surface area contributed by atoms with Crippen molar-refractivity contribution in [1.82, 2.24) is 0 Å². The van der Waals surface area contributed by atoms with Crippen molar-refractivity contribution in [2.24, 2.45) is 0 Å². The fraction of sp³-hybridized carbons (Fsp3) is 0.167. The zero-order valence-corrected chi connectivity index (χ0v) is 7.72. The average Bonchev–Trinajstić information content (AvgIpc) is 2.20. The van der Waals surface area contributed by atoms with Crippen LogP contribution in [0.5, 0.6) is 0 Å². The van der Waals surface area contributed by atoms with Crippen molar-refractivity contribution >= 4 is 0 Å². The van der Waals surface area contributed by atoms with E-state index in [9.17, 15) is 0 Å². The summed E-state index contributed by atoms with van der Waals surface area (Å²) in [6, 6.07) is 0. The van der Waals surface area contributed by atoms with E-state index in [1.165, 1.54) is 0 Å². The summed E-state index contributed by atoms with van der Waals surface area (Å²) in [4.78, 5) is 0. The third-order valence-corrected chi connectivity index (χ3v) is 1.29. The first kappa shape index (κ1) is 10.5. The topological polar surface area (TPSA) is 0 Å². The standard InChI is InChI=1S/C10H8.C2H6/c1-3-9-7-5-6-8-10(9)4-2;1-2/h3-5,7H,1-2H2;1-2H3. The van der Waals surface area contributed by atoms with Crippen LogP contribution in [-0.2, 0) is 0 Å². The van der Waals surface area contributed by atoms with Gasteiger partial charge in [0.05, 0.1) is 0 Å². The first-order valence-electron chi connectivity index (χ1n) is 4.05. The van der Waals surface area contributed by atoms with E-state index in [0.717, 1.165) is 11.1 Å². The van der Waals surface area contributed by atoms with Crippen molar-refractivity contribution in [1.29, 1.82) is 0 Å². The molecule has 0 atom stereocenters. The minimum absolute atomic E-state index is 0.956. The van der Waals surface area contributed by atoms with Crippen LogP contribution in [-0.4, -0.2) is 0 Å². The molecule has 1 rings (SSSR count). The fourth-order valence-electron chi connectivity index (χ4n) is 0.760. The van der Waals surface area contributed by atoms with E-state index in [1.54, 1.807) is 12.2 Å². The summed E-state index contributed by atoms with van der Waals surface area (Å²) in [5.74, 6) is 0.